The molecule has 0 spiro atoms. The van der Waals surface area contributed by atoms with Gasteiger partial charge in [0, 0.05) is 24.7 Å². The molecule has 0 radical (unpaired) electrons. The molecule has 0 unspecified atom stereocenters. The van der Waals surface area contributed by atoms with Crippen molar-refractivity contribution in [3.63, 3.8) is 0 Å². The molecule has 0 bridgehead atoms. The lowest BCUT2D eigenvalue weighted by Gasteiger charge is -2.18. The molecule has 2 aromatic heterocycles. The summed E-state index contributed by atoms with van der Waals surface area (Å²) in [7, 11) is 1.63. The van der Waals surface area contributed by atoms with Crippen LogP contribution in [0.4, 0.5) is 0 Å². The summed E-state index contributed by atoms with van der Waals surface area (Å²) in [6.45, 7) is 1.53. The molecule has 4 rings (SSSR count). The Morgan fingerprint density at radius 1 is 1.16 bits per heavy atom. The zero-order valence-electron chi connectivity index (χ0n) is 13.9. The van der Waals surface area contributed by atoms with Crippen molar-refractivity contribution in [2.24, 2.45) is 0 Å². The molecule has 0 aliphatic carbocycles. The van der Waals surface area contributed by atoms with Gasteiger partial charge in [-0.2, -0.15) is 10.1 Å². The van der Waals surface area contributed by atoms with Crippen molar-refractivity contribution >= 4 is 0 Å². The van der Waals surface area contributed by atoms with E-state index in [0.717, 1.165) is 49.0 Å². The molecule has 0 saturated carbocycles. The largest absolute Gasteiger partial charge is 0.497 e. The normalized spacial score (nSPS) is 15.4. The van der Waals surface area contributed by atoms with Gasteiger partial charge >= 0.3 is 0 Å². The van der Waals surface area contributed by atoms with Crippen LogP contribution >= 0.6 is 0 Å². The summed E-state index contributed by atoms with van der Waals surface area (Å²) in [6.07, 6.45) is 2.35. The molecule has 1 aromatic carbocycles. The zero-order chi connectivity index (χ0) is 17.1. The molecule has 3 heterocycles. The minimum atomic E-state index is 0.358. The van der Waals surface area contributed by atoms with Gasteiger partial charge in [0.05, 0.1) is 13.5 Å². The maximum Gasteiger partial charge on any atom is 0.234 e. The first-order valence-corrected chi connectivity index (χ1v) is 8.28. The zero-order valence-corrected chi connectivity index (χ0v) is 13.9. The molecule has 1 N–H and O–H groups in total. The van der Waals surface area contributed by atoms with Crippen molar-refractivity contribution in [2.45, 2.75) is 25.2 Å². The molecule has 8 nitrogen and oxygen atoms in total. The van der Waals surface area contributed by atoms with Crippen molar-refractivity contribution in [1.82, 2.24) is 25.3 Å². The Hall–Kier alpha value is -2.74. The predicted molar refractivity (Wildman–Crippen MR) is 88.3 cm³/mol. The summed E-state index contributed by atoms with van der Waals surface area (Å²) >= 11 is 0. The predicted octanol–water partition coefficient (Wildman–Crippen LogP) is 2.35. The number of hydrogen-bond acceptors (Lipinski definition) is 7. The van der Waals surface area contributed by atoms with E-state index in [9.17, 15) is 0 Å². The van der Waals surface area contributed by atoms with Crippen LogP contribution in [-0.4, -0.2) is 45.6 Å². The van der Waals surface area contributed by atoms with Gasteiger partial charge in [0.15, 0.2) is 5.82 Å². The third kappa shape index (κ3) is 3.53. The average molecular weight is 341 g/mol. The molecule has 1 aliphatic heterocycles. The van der Waals surface area contributed by atoms with Gasteiger partial charge in [0.1, 0.15) is 11.6 Å². The van der Waals surface area contributed by atoms with Gasteiger partial charge in [-0.3, -0.25) is 5.10 Å². The fourth-order valence-corrected chi connectivity index (χ4v) is 2.85. The van der Waals surface area contributed by atoms with E-state index in [4.69, 9.17) is 14.0 Å². The summed E-state index contributed by atoms with van der Waals surface area (Å²) < 4.78 is 15.9. The van der Waals surface area contributed by atoms with Crippen LogP contribution < -0.4 is 4.74 Å². The Bertz CT molecular complexity index is 821. The minimum absolute atomic E-state index is 0.358. The van der Waals surface area contributed by atoms with Gasteiger partial charge in [-0.1, -0.05) is 5.16 Å². The lowest BCUT2D eigenvalue weighted by atomic mass is 10.00. The first-order chi connectivity index (χ1) is 12.3. The van der Waals surface area contributed by atoms with Gasteiger partial charge < -0.3 is 14.0 Å². The number of methoxy groups -OCH3 is 1. The fraction of sp³-hybridized carbons (Fsp3) is 0.412. The quantitative estimate of drug-likeness (QED) is 0.760. The number of nitrogens with one attached hydrogen (secondary N) is 1. The number of benzene rings is 1. The molecule has 8 heteroatoms. The summed E-state index contributed by atoms with van der Waals surface area (Å²) in [5.74, 6) is 3.76. The molecule has 0 amide bonds. The molecular weight excluding hydrogens is 322 g/mol. The van der Waals surface area contributed by atoms with E-state index in [1.54, 1.807) is 7.11 Å². The number of nitrogens with zero attached hydrogens (tertiary/aromatic N) is 4. The highest BCUT2D eigenvalue weighted by atomic mass is 16.5. The van der Waals surface area contributed by atoms with E-state index in [0.29, 0.717) is 24.1 Å². The maximum absolute atomic E-state index is 5.38. The number of aromatic nitrogens is 5. The van der Waals surface area contributed by atoms with Gasteiger partial charge in [0.25, 0.3) is 0 Å². The highest BCUT2D eigenvalue weighted by Gasteiger charge is 2.20. The summed E-state index contributed by atoms with van der Waals surface area (Å²) in [5, 5.41) is 11.3. The number of aromatic amines is 1. The van der Waals surface area contributed by atoms with Crippen LogP contribution in [0.15, 0.2) is 28.8 Å². The van der Waals surface area contributed by atoms with Crippen LogP contribution in [0.3, 0.4) is 0 Å². The van der Waals surface area contributed by atoms with E-state index in [1.807, 2.05) is 24.3 Å². The van der Waals surface area contributed by atoms with Crippen molar-refractivity contribution in [2.75, 3.05) is 20.3 Å². The van der Waals surface area contributed by atoms with E-state index < -0.39 is 0 Å². The highest BCUT2D eigenvalue weighted by Crippen LogP contribution is 2.24. The number of rotatable bonds is 5. The Kier molecular flexibility index (Phi) is 4.43. The molecule has 1 fully saturated rings. The lowest BCUT2D eigenvalue weighted by Crippen LogP contribution is -2.15. The summed E-state index contributed by atoms with van der Waals surface area (Å²) in [4.78, 5) is 8.99. The van der Waals surface area contributed by atoms with Crippen molar-refractivity contribution in [3.8, 4) is 17.1 Å². The number of H-pyrrole nitrogens is 1. The Morgan fingerprint density at radius 2 is 1.96 bits per heavy atom. The smallest absolute Gasteiger partial charge is 0.234 e. The van der Waals surface area contributed by atoms with Gasteiger partial charge in [0.2, 0.25) is 11.7 Å². The van der Waals surface area contributed by atoms with Gasteiger partial charge in [-0.25, -0.2) is 4.98 Å². The molecule has 1 saturated heterocycles. The van der Waals surface area contributed by atoms with Crippen LogP contribution in [0.5, 0.6) is 5.75 Å². The van der Waals surface area contributed by atoms with Crippen molar-refractivity contribution < 1.29 is 14.0 Å². The fourth-order valence-electron chi connectivity index (χ4n) is 2.85. The first kappa shape index (κ1) is 15.8. The molecule has 130 valence electrons. The van der Waals surface area contributed by atoms with E-state index >= 15 is 0 Å². The second-order valence-corrected chi connectivity index (χ2v) is 5.94. The summed E-state index contributed by atoms with van der Waals surface area (Å²) in [5.41, 5.74) is 0.872. The maximum atomic E-state index is 5.38. The van der Waals surface area contributed by atoms with Gasteiger partial charge in [-0.05, 0) is 37.1 Å². The third-order valence-electron chi connectivity index (χ3n) is 4.27. The monoisotopic (exact) mass is 341 g/mol. The van der Waals surface area contributed by atoms with E-state index in [-0.39, 0.29) is 0 Å². The Labute approximate surface area is 144 Å². The Balaban J connectivity index is 1.44. The minimum Gasteiger partial charge on any atom is -0.497 e. The SMILES string of the molecule is COc1ccc(-c2noc(Cc3nc(C4CCOCC4)n[nH]3)n2)cc1. The van der Waals surface area contributed by atoms with E-state index in [2.05, 4.69) is 25.3 Å². The molecule has 25 heavy (non-hydrogen) atoms. The van der Waals surface area contributed by atoms with Crippen LogP contribution in [0, 0.1) is 0 Å². The van der Waals surface area contributed by atoms with Crippen molar-refractivity contribution in [1.29, 1.82) is 0 Å². The average Bonchev–Trinajstić information content (AvgIpc) is 3.33. The second kappa shape index (κ2) is 7.02. The van der Waals surface area contributed by atoms with Crippen molar-refractivity contribution in [3.05, 3.63) is 41.8 Å². The highest BCUT2D eigenvalue weighted by molar-refractivity contribution is 5.55. The van der Waals surface area contributed by atoms with Crippen LogP contribution in [0.1, 0.15) is 36.3 Å². The topological polar surface area (TPSA) is 99.0 Å². The lowest BCUT2D eigenvalue weighted by molar-refractivity contribution is 0.0836. The number of hydrogen-bond donors (Lipinski definition) is 1. The van der Waals surface area contributed by atoms with Crippen LogP contribution in [0.25, 0.3) is 11.4 Å². The summed E-state index contributed by atoms with van der Waals surface area (Å²) in [6, 6.07) is 7.51. The molecule has 0 atom stereocenters. The first-order valence-electron chi connectivity index (χ1n) is 8.28. The Morgan fingerprint density at radius 3 is 2.72 bits per heavy atom. The van der Waals surface area contributed by atoms with Crippen LogP contribution in [-0.2, 0) is 11.2 Å². The van der Waals surface area contributed by atoms with Gasteiger partial charge in [-0.15, -0.1) is 0 Å². The second-order valence-electron chi connectivity index (χ2n) is 5.94. The number of ether oxygens (including phenoxy) is 2. The molecular formula is C17H19N5O3. The van der Waals surface area contributed by atoms with Crippen LogP contribution in [0.2, 0.25) is 0 Å². The molecule has 3 aromatic rings. The standard InChI is InChI=1S/C17H19N5O3/c1-23-13-4-2-11(3-5-13)17-19-15(25-22-17)10-14-18-16(21-20-14)12-6-8-24-9-7-12/h2-5,12H,6-10H2,1H3,(H,18,20,21). The van der Waals surface area contributed by atoms with E-state index in [1.165, 1.54) is 0 Å². The molecule has 1 aliphatic rings. The third-order valence-corrected chi connectivity index (χ3v) is 4.27.